The van der Waals surface area contributed by atoms with Gasteiger partial charge in [-0.15, -0.1) is 0 Å². The fourth-order valence-electron chi connectivity index (χ4n) is 3.28. The molecule has 0 unspecified atom stereocenters. The van der Waals surface area contributed by atoms with Gasteiger partial charge < -0.3 is 15.1 Å². The Morgan fingerprint density at radius 2 is 1.71 bits per heavy atom. The molecule has 1 aliphatic rings. The second kappa shape index (κ2) is 9.41. The maximum Gasteiger partial charge on any atom is 0.255 e. The number of hydrogen-bond donors (Lipinski definition) is 1. The minimum Gasteiger partial charge on any atom is -0.368 e. The lowest BCUT2D eigenvalue weighted by atomic mass is 10.1. The molecule has 1 heterocycles. The van der Waals surface area contributed by atoms with Gasteiger partial charge in [0, 0.05) is 53.1 Å². The van der Waals surface area contributed by atoms with E-state index in [1.54, 1.807) is 0 Å². The molecule has 0 aromatic heterocycles. The smallest absolute Gasteiger partial charge is 0.255 e. The highest BCUT2D eigenvalue weighted by atomic mass is 127. The zero-order chi connectivity index (χ0) is 20.1. The van der Waals surface area contributed by atoms with Crippen LogP contribution < -0.4 is 10.2 Å². The van der Waals surface area contributed by atoms with Gasteiger partial charge in [0.05, 0.1) is 0 Å². The quantitative estimate of drug-likeness (QED) is 0.637. The first kappa shape index (κ1) is 20.6. The topological polar surface area (TPSA) is 52.7 Å². The van der Waals surface area contributed by atoms with Gasteiger partial charge in [0.1, 0.15) is 0 Å². The third kappa shape index (κ3) is 5.47. The van der Waals surface area contributed by atoms with Crippen molar-refractivity contribution < 1.29 is 9.59 Å². The maximum atomic E-state index is 12.4. The molecule has 6 heteroatoms. The van der Waals surface area contributed by atoms with E-state index >= 15 is 0 Å². The van der Waals surface area contributed by atoms with Crippen LogP contribution in [-0.2, 0) is 4.79 Å². The van der Waals surface area contributed by atoms with Crippen LogP contribution in [0.25, 0.3) is 0 Å². The van der Waals surface area contributed by atoms with Crippen LogP contribution >= 0.6 is 22.6 Å². The zero-order valence-corrected chi connectivity index (χ0v) is 18.5. The van der Waals surface area contributed by atoms with Crippen LogP contribution in [0.1, 0.15) is 30.6 Å². The van der Waals surface area contributed by atoms with Gasteiger partial charge in [-0.05, 0) is 71.0 Å². The van der Waals surface area contributed by atoms with Gasteiger partial charge in [-0.1, -0.05) is 19.9 Å². The van der Waals surface area contributed by atoms with Crippen molar-refractivity contribution in [2.45, 2.75) is 20.3 Å². The summed E-state index contributed by atoms with van der Waals surface area (Å²) in [4.78, 5) is 28.8. The van der Waals surface area contributed by atoms with Crippen molar-refractivity contribution in [3.8, 4) is 0 Å². The van der Waals surface area contributed by atoms with E-state index < -0.39 is 0 Å². The van der Waals surface area contributed by atoms with Gasteiger partial charge in [-0.25, -0.2) is 0 Å². The van der Waals surface area contributed by atoms with Crippen LogP contribution in [-0.4, -0.2) is 42.9 Å². The number of rotatable bonds is 5. The maximum absolute atomic E-state index is 12.4. The van der Waals surface area contributed by atoms with Gasteiger partial charge in [-0.2, -0.15) is 0 Å². The van der Waals surface area contributed by atoms with E-state index in [9.17, 15) is 9.59 Å². The molecular weight excluding hydrogens is 465 g/mol. The van der Waals surface area contributed by atoms with Crippen molar-refractivity contribution in [3.05, 3.63) is 57.7 Å². The Balaban J connectivity index is 1.55. The lowest BCUT2D eigenvalue weighted by Crippen LogP contribution is -2.49. The predicted octanol–water partition coefficient (Wildman–Crippen LogP) is 4.24. The van der Waals surface area contributed by atoms with Crippen LogP contribution in [0.4, 0.5) is 11.4 Å². The molecule has 148 valence electrons. The summed E-state index contributed by atoms with van der Waals surface area (Å²) in [6, 6.07) is 15.4. The molecule has 2 aromatic carbocycles. The Hall–Kier alpha value is -2.09. The summed E-state index contributed by atoms with van der Waals surface area (Å²) in [6.07, 6.45) is 0.620. The monoisotopic (exact) mass is 491 g/mol. The van der Waals surface area contributed by atoms with Crippen LogP contribution in [0.5, 0.6) is 0 Å². The van der Waals surface area contributed by atoms with Crippen LogP contribution in [0.15, 0.2) is 48.5 Å². The summed E-state index contributed by atoms with van der Waals surface area (Å²) in [5.74, 6) is 0.541. The number of nitrogens with zero attached hydrogens (tertiary/aromatic N) is 2. The van der Waals surface area contributed by atoms with E-state index in [1.165, 1.54) is 0 Å². The number of anilines is 2. The van der Waals surface area contributed by atoms with Gasteiger partial charge in [0.25, 0.3) is 5.91 Å². The second-order valence-electron chi connectivity index (χ2n) is 7.48. The Bertz CT molecular complexity index is 828. The van der Waals surface area contributed by atoms with E-state index in [-0.39, 0.29) is 11.8 Å². The molecule has 1 saturated heterocycles. The molecule has 0 spiro atoms. The van der Waals surface area contributed by atoms with Crippen LogP contribution in [0, 0.1) is 9.49 Å². The SMILES string of the molecule is CC(C)CC(=O)N1CCN(c2ccc(NC(=O)c3cccc(I)c3)cc2)CC1. The normalized spacial score (nSPS) is 14.3. The van der Waals surface area contributed by atoms with Gasteiger partial charge >= 0.3 is 0 Å². The van der Waals surface area contributed by atoms with Crippen molar-refractivity contribution in [2.75, 3.05) is 36.4 Å². The molecule has 0 radical (unpaired) electrons. The highest BCUT2D eigenvalue weighted by Gasteiger charge is 2.21. The number of hydrogen-bond acceptors (Lipinski definition) is 3. The summed E-state index contributed by atoms with van der Waals surface area (Å²) in [5, 5.41) is 2.94. The van der Waals surface area contributed by atoms with Gasteiger partial charge in [0.2, 0.25) is 5.91 Å². The van der Waals surface area contributed by atoms with Crippen molar-refractivity contribution >= 4 is 45.8 Å². The number of carbonyl (C=O) groups excluding carboxylic acids is 2. The fraction of sp³-hybridized carbons (Fsp3) is 0.364. The molecule has 2 aromatic rings. The zero-order valence-electron chi connectivity index (χ0n) is 16.3. The molecule has 1 aliphatic heterocycles. The number of amides is 2. The Labute approximate surface area is 180 Å². The molecule has 1 fully saturated rings. The lowest BCUT2D eigenvalue weighted by molar-refractivity contribution is -0.132. The molecule has 0 saturated carbocycles. The molecule has 1 N–H and O–H groups in total. The number of carbonyl (C=O) groups is 2. The molecule has 5 nitrogen and oxygen atoms in total. The van der Waals surface area contributed by atoms with E-state index in [1.807, 2.05) is 53.4 Å². The first-order valence-corrected chi connectivity index (χ1v) is 10.7. The Morgan fingerprint density at radius 3 is 2.32 bits per heavy atom. The highest BCUT2D eigenvalue weighted by molar-refractivity contribution is 14.1. The van der Waals surface area contributed by atoms with E-state index in [4.69, 9.17) is 0 Å². The minimum absolute atomic E-state index is 0.108. The summed E-state index contributed by atoms with van der Waals surface area (Å²) >= 11 is 2.20. The fourth-order valence-corrected chi connectivity index (χ4v) is 3.82. The first-order valence-electron chi connectivity index (χ1n) is 9.62. The lowest BCUT2D eigenvalue weighted by Gasteiger charge is -2.36. The molecule has 28 heavy (non-hydrogen) atoms. The standard InChI is InChI=1S/C22H26IN3O2/c1-16(2)14-21(27)26-12-10-25(11-13-26)20-8-6-19(7-9-20)24-22(28)17-4-3-5-18(23)15-17/h3-9,15-16H,10-14H2,1-2H3,(H,24,28). The second-order valence-corrected chi connectivity index (χ2v) is 8.72. The molecule has 3 rings (SSSR count). The van der Waals surface area contributed by atoms with Crippen molar-refractivity contribution in [3.63, 3.8) is 0 Å². The van der Waals surface area contributed by atoms with Gasteiger partial charge in [-0.3, -0.25) is 9.59 Å². The number of piperazine rings is 1. The largest absolute Gasteiger partial charge is 0.368 e. The highest BCUT2D eigenvalue weighted by Crippen LogP contribution is 2.21. The Kier molecular flexibility index (Phi) is 6.93. The average molecular weight is 491 g/mol. The number of benzene rings is 2. The van der Waals surface area contributed by atoms with E-state index in [0.29, 0.717) is 17.9 Å². The average Bonchev–Trinajstić information content (AvgIpc) is 2.68. The van der Waals surface area contributed by atoms with Gasteiger partial charge in [0.15, 0.2) is 0 Å². The predicted molar refractivity (Wildman–Crippen MR) is 122 cm³/mol. The van der Waals surface area contributed by atoms with Crippen molar-refractivity contribution in [2.24, 2.45) is 5.92 Å². The molecular formula is C22H26IN3O2. The summed E-state index contributed by atoms with van der Waals surface area (Å²) in [6.45, 7) is 7.34. The summed E-state index contributed by atoms with van der Waals surface area (Å²) in [7, 11) is 0. The summed E-state index contributed by atoms with van der Waals surface area (Å²) in [5.41, 5.74) is 2.54. The molecule has 2 amide bonds. The molecule has 0 bridgehead atoms. The number of halogens is 1. The van der Waals surface area contributed by atoms with Crippen molar-refractivity contribution in [1.29, 1.82) is 0 Å². The minimum atomic E-state index is -0.108. The third-order valence-corrected chi connectivity index (χ3v) is 5.46. The number of nitrogens with one attached hydrogen (secondary N) is 1. The van der Waals surface area contributed by atoms with Crippen molar-refractivity contribution in [1.82, 2.24) is 4.90 Å². The molecule has 0 atom stereocenters. The van der Waals surface area contributed by atoms with Crippen LogP contribution in [0.2, 0.25) is 0 Å². The van der Waals surface area contributed by atoms with Crippen LogP contribution in [0.3, 0.4) is 0 Å². The summed E-state index contributed by atoms with van der Waals surface area (Å²) < 4.78 is 1.03. The van der Waals surface area contributed by atoms with E-state index in [0.717, 1.165) is 41.1 Å². The third-order valence-electron chi connectivity index (χ3n) is 4.79. The first-order chi connectivity index (χ1) is 13.4. The Morgan fingerprint density at radius 1 is 1.04 bits per heavy atom. The molecule has 0 aliphatic carbocycles. The van der Waals surface area contributed by atoms with E-state index in [2.05, 4.69) is 46.7 Å².